The van der Waals surface area contributed by atoms with Gasteiger partial charge >= 0.3 is 12.3 Å². The molecule has 2 atom stereocenters. The van der Waals surface area contributed by atoms with Gasteiger partial charge in [-0.3, -0.25) is 0 Å². The Labute approximate surface area is 151 Å². The summed E-state index contributed by atoms with van der Waals surface area (Å²) in [4.78, 5) is 14.1. The zero-order valence-electron chi connectivity index (χ0n) is 15.4. The van der Waals surface area contributed by atoms with Gasteiger partial charge in [0.1, 0.15) is 11.4 Å². The number of ether oxygens (including phenoxy) is 1. The fourth-order valence-corrected chi connectivity index (χ4v) is 2.77. The molecule has 2 heterocycles. The van der Waals surface area contributed by atoms with Crippen LogP contribution in [0.1, 0.15) is 46.2 Å². The first-order chi connectivity index (χ1) is 12.0. The molecule has 1 aliphatic heterocycles. The number of halogens is 3. The number of likely N-dealkylation sites (tertiary alicyclic amines) is 1. The van der Waals surface area contributed by atoms with Crippen LogP contribution in [0.5, 0.6) is 0 Å². The third-order valence-electron chi connectivity index (χ3n) is 4.04. The number of carbonyl (C=O) groups is 1. The zero-order chi connectivity index (χ0) is 19.5. The lowest BCUT2D eigenvalue weighted by molar-refractivity contribution is -0.141. The van der Waals surface area contributed by atoms with Crippen LogP contribution in [0, 0.1) is 5.92 Å². The molecule has 9 heteroatoms. The summed E-state index contributed by atoms with van der Waals surface area (Å²) in [5, 5.41) is 9.71. The van der Waals surface area contributed by atoms with Gasteiger partial charge in [0, 0.05) is 13.1 Å². The largest absolute Gasteiger partial charge is 0.444 e. The number of aromatic nitrogens is 2. The molecule has 26 heavy (non-hydrogen) atoms. The molecular weight excluding hydrogens is 349 g/mol. The van der Waals surface area contributed by atoms with Crippen LogP contribution in [0.15, 0.2) is 12.1 Å². The Morgan fingerprint density at radius 2 is 1.96 bits per heavy atom. The van der Waals surface area contributed by atoms with E-state index in [0.717, 1.165) is 18.9 Å². The van der Waals surface area contributed by atoms with Crippen LogP contribution in [0.25, 0.3) is 0 Å². The summed E-state index contributed by atoms with van der Waals surface area (Å²) in [6.07, 6.45) is -3.15. The minimum absolute atomic E-state index is 0.120. The summed E-state index contributed by atoms with van der Waals surface area (Å²) in [6, 6.07) is 1.99. The molecule has 1 N–H and O–H groups in total. The molecule has 0 saturated carbocycles. The summed E-state index contributed by atoms with van der Waals surface area (Å²) in [6.45, 7) is 8.45. The average molecular weight is 374 g/mol. The molecule has 2 unspecified atom stereocenters. The van der Waals surface area contributed by atoms with E-state index in [1.165, 1.54) is 6.07 Å². The minimum Gasteiger partial charge on any atom is -0.444 e. The number of anilines is 1. The van der Waals surface area contributed by atoms with Gasteiger partial charge in [0.25, 0.3) is 0 Å². The van der Waals surface area contributed by atoms with Gasteiger partial charge < -0.3 is 15.0 Å². The van der Waals surface area contributed by atoms with E-state index in [1.54, 1.807) is 4.90 Å². The van der Waals surface area contributed by atoms with E-state index in [4.69, 9.17) is 4.74 Å². The average Bonchev–Trinajstić information content (AvgIpc) is 2.51. The highest BCUT2D eigenvalue weighted by molar-refractivity contribution is 5.68. The molecular formula is C17H25F3N4O2. The van der Waals surface area contributed by atoms with E-state index < -0.39 is 17.5 Å². The predicted octanol–water partition coefficient (Wildman–Crippen LogP) is 3.94. The Bertz CT molecular complexity index is 614. The summed E-state index contributed by atoms with van der Waals surface area (Å²) in [5.74, 6) is 0.602. The van der Waals surface area contributed by atoms with E-state index in [0.29, 0.717) is 19.0 Å². The summed E-state index contributed by atoms with van der Waals surface area (Å²) in [7, 11) is 0. The number of nitrogens with zero attached hydrogens (tertiary/aromatic N) is 3. The van der Waals surface area contributed by atoms with Crippen molar-refractivity contribution in [3.05, 3.63) is 17.8 Å². The van der Waals surface area contributed by atoms with Gasteiger partial charge in [-0.1, -0.05) is 6.92 Å². The number of piperidine rings is 1. The van der Waals surface area contributed by atoms with Gasteiger partial charge in [-0.05, 0) is 51.7 Å². The van der Waals surface area contributed by atoms with Crippen LogP contribution >= 0.6 is 0 Å². The molecule has 0 radical (unpaired) electrons. The van der Waals surface area contributed by atoms with E-state index >= 15 is 0 Å². The van der Waals surface area contributed by atoms with Crippen molar-refractivity contribution in [3.63, 3.8) is 0 Å². The number of nitrogens with one attached hydrogen (secondary N) is 1. The first-order valence-electron chi connectivity index (χ1n) is 8.60. The second-order valence-electron chi connectivity index (χ2n) is 7.65. The second kappa shape index (κ2) is 7.67. The zero-order valence-corrected chi connectivity index (χ0v) is 15.4. The Hall–Kier alpha value is -2.06. The molecule has 1 aliphatic rings. The summed E-state index contributed by atoms with van der Waals surface area (Å²) >= 11 is 0. The van der Waals surface area contributed by atoms with Gasteiger partial charge in [-0.2, -0.15) is 13.2 Å². The molecule has 1 saturated heterocycles. The van der Waals surface area contributed by atoms with E-state index in [9.17, 15) is 18.0 Å². The number of rotatable bonds is 3. The highest BCUT2D eigenvalue weighted by atomic mass is 19.4. The maximum absolute atomic E-state index is 12.5. The third kappa shape index (κ3) is 5.74. The fraction of sp³-hybridized carbons (Fsp3) is 0.706. The molecule has 0 aliphatic carbocycles. The van der Waals surface area contributed by atoms with Crippen LogP contribution < -0.4 is 5.32 Å². The number of hydrogen-bond acceptors (Lipinski definition) is 5. The first-order valence-corrected chi connectivity index (χ1v) is 8.60. The van der Waals surface area contributed by atoms with Crippen molar-refractivity contribution in [1.82, 2.24) is 15.1 Å². The normalized spacial score (nSPS) is 21.4. The number of amides is 1. The molecule has 6 nitrogen and oxygen atoms in total. The smallest absolute Gasteiger partial charge is 0.435 e. The van der Waals surface area contributed by atoms with Crippen LogP contribution in [0.2, 0.25) is 0 Å². The SMILES string of the molecule is CC1CCC(CNc2ccc(C(F)(F)F)nn2)N(C(=O)OC(C)(C)C)C1. The highest BCUT2D eigenvalue weighted by Gasteiger charge is 2.34. The van der Waals surface area contributed by atoms with E-state index in [1.807, 2.05) is 20.8 Å². The summed E-state index contributed by atoms with van der Waals surface area (Å²) < 4.78 is 43.0. The van der Waals surface area contributed by atoms with Crippen molar-refractivity contribution < 1.29 is 22.7 Å². The minimum atomic E-state index is -4.52. The molecule has 1 amide bonds. The van der Waals surface area contributed by atoms with Gasteiger partial charge in [-0.25, -0.2) is 4.79 Å². The second-order valence-corrected chi connectivity index (χ2v) is 7.65. The van der Waals surface area contributed by atoms with Gasteiger partial charge in [0.15, 0.2) is 5.69 Å². The first kappa shape index (κ1) is 20.3. The highest BCUT2D eigenvalue weighted by Crippen LogP contribution is 2.27. The van der Waals surface area contributed by atoms with Crippen molar-refractivity contribution in [2.24, 2.45) is 5.92 Å². The quantitative estimate of drug-likeness (QED) is 0.868. The number of alkyl halides is 3. The van der Waals surface area contributed by atoms with Gasteiger partial charge in [-0.15, -0.1) is 10.2 Å². The maximum Gasteiger partial charge on any atom is 0.435 e. The number of hydrogen-bond donors (Lipinski definition) is 1. The monoisotopic (exact) mass is 374 g/mol. The van der Waals surface area contributed by atoms with Crippen LogP contribution in [0.3, 0.4) is 0 Å². The maximum atomic E-state index is 12.5. The molecule has 2 rings (SSSR count). The lowest BCUT2D eigenvalue weighted by Crippen LogP contribution is -2.51. The molecule has 146 valence electrons. The topological polar surface area (TPSA) is 67.4 Å². The number of carbonyl (C=O) groups excluding carboxylic acids is 1. The van der Waals surface area contributed by atoms with Crippen molar-refractivity contribution in [1.29, 1.82) is 0 Å². The lowest BCUT2D eigenvalue weighted by Gasteiger charge is -2.39. The van der Waals surface area contributed by atoms with Crippen LogP contribution in [-0.2, 0) is 10.9 Å². The van der Waals surface area contributed by atoms with Gasteiger partial charge in [0.2, 0.25) is 0 Å². The Morgan fingerprint density at radius 3 is 2.50 bits per heavy atom. The Kier molecular flexibility index (Phi) is 5.98. The van der Waals surface area contributed by atoms with E-state index in [-0.39, 0.29) is 18.0 Å². The molecule has 0 spiro atoms. The lowest BCUT2D eigenvalue weighted by atomic mass is 9.94. The van der Waals surface area contributed by atoms with Gasteiger partial charge in [0.05, 0.1) is 6.04 Å². The standard InChI is InChI=1S/C17H25F3N4O2/c1-11-5-6-12(24(10-11)15(25)26-16(2,3)4)9-21-14-8-7-13(22-23-14)17(18,19)20/h7-8,11-12H,5-6,9-10H2,1-4H3,(H,21,23). The van der Waals surface area contributed by atoms with Crippen LogP contribution in [0.4, 0.5) is 23.8 Å². The third-order valence-corrected chi connectivity index (χ3v) is 4.04. The molecule has 0 bridgehead atoms. The molecule has 1 fully saturated rings. The molecule has 0 aromatic carbocycles. The fourth-order valence-electron chi connectivity index (χ4n) is 2.77. The van der Waals surface area contributed by atoms with Crippen molar-refractivity contribution >= 4 is 11.9 Å². The van der Waals surface area contributed by atoms with Crippen LogP contribution in [-0.4, -0.2) is 45.9 Å². The predicted molar refractivity (Wildman–Crippen MR) is 90.6 cm³/mol. The molecule has 1 aromatic heterocycles. The Balaban J connectivity index is 2.00. The molecule has 1 aromatic rings. The summed E-state index contributed by atoms with van der Waals surface area (Å²) in [5.41, 5.74) is -1.63. The Morgan fingerprint density at radius 1 is 1.27 bits per heavy atom. The van der Waals surface area contributed by atoms with Crippen molar-refractivity contribution in [2.45, 2.75) is 58.4 Å². The van der Waals surface area contributed by atoms with Crippen molar-refractivity contribution in [2.75, 3.05) is 18.4 Å². The van der Waals surface area contributed by atoms with Crippen molar-refractivity contribution in [3.8, 4) is 0 Å². The van der Waals surface area contributed by atoms with E-state index in [2.05, 4.69) is 22.4 Å².